The Morgan fingerprint density at radius 2 is 2.29 bits per heavy atom. The summed E-state index contributed by atoms with van der Waals surface area (Å²) in [6.45, 7) is 5.66. The number of halogens is 1. The van der Waals surface area contributed by atoms with Gasteiger partial charge in [0.2, 0.25) is 6.29 Å². The number of alkyl halides is 1. The van der Waals surface area contributed by atoms with E-state index < -0.39 is 17.6 Å². The number of hydrogen-bond acceptors (Lipinski definition) is 4. The van der Waals surface area contributed by atoms with Gasteiger partial charge in [-0.15, -0.1) is 23.4 Å². The molecule has 1 saturated heterocycles. The zero-order valence-electron chi connectivity index (χ0n) is 8.53. The van der Waals surface area contributed by atoms with Crippen LogP contribution in [0.2, 0.25) is 0 Å². The Kier molecular flexibility index (Phi) is 4.54. The van der Waals surface area contributed by atoms with E-state index in [0.717, 1.165) is 0 Å². The Morgan fingerprint density at radius 1 is 1.64 bits per heavy atom. The molecular weight excluding hydrogens is 224 g/mol. The molecule has 0 aliphatic carbocycles. The van der Waals surface area contributed by atoms with E-state index in [4.69, 9.17) is 21.1 Å². The summed E-state index contributed by atoms with van der Waals surface area (Å²) in [7, 11) is 0. The molecule has 0 radical (unpaired) electrons. The second-order valence-corrected chi connectivity index (χ2v) is 5.43. The van der Waals surface area contributed by atoms with Crippen molar-refractivity contribution in [2.24, 2.45) is 0 Å². The van der Waals surface area contributed by atoms with Gasteiger partial charge in [0.15, 0.2) is 0 Å². The lowest BCUT2D eigenvalue weighted by atomic mass is 10.3. The van der Waals surface area contributed by atoms with Crippen molar-refractivity contribution < 1.29 is 14.3 Å². The van der Waals surface area contributed by atoms with Crippen molar-refractivity contribution in [2.75, 3.05) is 5.75 Å². The maximum absolute atomic E-state index is 11.2. The van der Waals surface area contributed by atoms with Crippen molar-refractivity contribution in [3.8, 4) is 0 Å². The van der Waals surface area contributed by atoms with E-state index in [0.29, 0.717) is 11.0 Å². The maximum Gasteiger partial charge on any atom is 0.326 e. The standard InChI is InChI=1S/C9H15ClO3S/c1-5(10)9(11)13-8-4-14-7(3)6(2)12-8/h5-8H,4H2,1-3H3. The number of thioether (sulfide) groups is 1. The number of carbonyl (C=O) groups is 1. The van der Waals surface area contributed by atoms with E-state index in [1.807, 2.05) is 6.92 Å². The minimum Gasteiger partial charge on any atom is -0.434 e. The van der Waals surface area contributed by atoms with Gasteiger partial charge in [0.1, 0.15) is 5.38 Å². The van der Waals surface area contributed by atoms with E-state index in [-0.39, 0.29) is 6.10 Å². The van der Waals surface area contributed by atoms with Gasteiger partial charge in [-0.25, -0.2) is 0 Å². The molecule has 1 rings (SSSR count). The minimum atomic E-state index is -0.613. The fourth-order valence-electron chi connectivity index (χ4n) is 1.04. The Balaban J connectivity index is 2.37. The van der Waals surface area contributed by atoms with Gasteiger partial charge >= 0.3 is 5.97 Å². The number of carbonyl (C=O) groups excluding carboxylic acids is 1. The number of rotatable bonds is 2. The lowest BCUT2D eigenvalue weighted by molar-refractivity contribution is -0.182. The van der Waals surface area contributed by atoms with Gasteiger partial charge < -0.3 is 9.47 Å². The van der Waals surface area contributed by atoms with Crippen molar-refractivity contribution in [3.05, 3.63) is 0 Å². The summed E-state index contributed by atoms with van der Waals surface area (Å²) < 4.78 is 10.6. The second kappa shape index (κ2) is 5.24. The van der Waals surface area contributed by atoms with E-state index in [1.54, 1.807) is 18.7 Å². The summed E-state index contributed by atoms with van der Waals surface area (Å²) >= 11 is 7.32. The highest BCUT2D eigenvalue weighted by molar-refractivity contribution is 8.00. The normalized spacial score (nSPS) is 35.0. The highest BCUT2D eigenvalue weighted by Crippen LogP contribution is 2.26. The molecule has 5 heteroatoms. The van der Waals surface area contributed by atoms with Crippen LogP contribution in [-0.4, -0.2) is 34.7 Å². The highest BCUT2D eigenvalue weighted by Gasteiger charge is 2.28. The Bertz CT molecular complexity index is 210. The largest absolute Gasteiger partial charge is 0.434 e. The molecule has 0 amide bonds. The fraction of sp³-hybridized carbons (Fsp3) is 0.889. The van der Waals surface area contributed by atoms with Crippen LogP contribution >= 0.6 is 23.4 Å². The molecule has 14 heavy (non-hydrogen) atoms. The second-order valence-electron chi connectivity index (χ2n) is 3.36. The van der Waals surface area contributed by atoms with Crippen LogP contribution in [0.4, 0.5) is 0 Å². The summed E-state index contributed by atoms with van der Waals surface area (Å²) in [6, 6.07) is 0. The molecule has 1 aliphatic heterocycles. The first-order valence-corrected chi connectivity index (χ1v) is 6.11. The Morgan fingerprint density at radius 3 is 2.79 bits per heavy atom. The maximum atomic E-state index is 11.2. The first-order valence-electron chi connectivity index (χ1n) is 4.62. The van der Waals surface area contributed by atoms with Crippen molar-refractivity contribution in [3.63, 3.8) is 0 Å². The van der Waals surface area contributed by atoms with Crippen LogP contribution in [0.5, 0.6) is 0 Å². The third kappa shape index (κ3) is 3.33. The summed E-state index contributed by atoms with van der Waals surface area (Å²) in [5.74, 6) is 0.264. The molecule has 0 spiro atoms. The molecule has 1 heterocycles. The van der Waals surface area contributed by atoms with Crippen LogP contribution < -0.4 is 0 Å². The predicted molar refractivity (Wildman–Crippen MR) is 57.7 cm³/mol. The molecule has 0 saturated carbocycles. The molecule has 3 nitrogen and oxygen atoms in total. The SMILES string of the molecule is CC(Cl)C(=O)OC1CSC(C)C(C)O1. The fourth-order valence-corrected chi connectivity index (χ4v) is 2.03. The topological polar surface area (TPSA) is 35.5 Å². The molecule has 1 aliphatic rings. The third-order valence-electron chi connectivity index (χ3n) is 2.10. The van der Waals surface area contributed by atoms with Gasteiger partial charge in [0.05, 0.1) is 11.9 Å². The zero-order chi connectivity index (χ0) is 10.7. The van der Waals surface area contributed by atoms with Gasteiger partial charge in [0, 0.05) is 5.25 Å². The van der Waals surface area contributed by atoms with Crippen molar-refractivity contribution in [2.45, 2.75) is 43.8 Å². The molecule has 1 fully saturated rings. The lowest BCUT2D eigenvalue weighted by Gasteiger charge is -2.31. The van der Waals surface area contributed by atoms with E-state index in [9.17, 15) is 4.79 Å². The van der Waals surface area contributed by atoms with E-state index >= 15 is 0 Å². The number of ether oxygens (including phenoxy) is 2. The van der Waals surface area contributed by atoms with Crippen molar-refractivity contribution in [1.29, 1.82) is 0 Å². The van der Waals surface area contributed by atoms with Gasteiger partial charge in [-0.3, -0.25) is 4.79 Å². The first kappa shape index (κ1) is 12.1. The number of hydrogen-bond donors (Lipinski definition) is 0. The molecule has 4 atom stereocenters. The molecule has 4 unspecified atom stereocenters. The molecule has 0 aromatic heterocycles. The Labute approximate surface area is 93.5 Å². The zero-order valence-corrected chi connectivity index (χ0v) is 10.1. The summed E-state index contributed by atoms with van der Waals surface area (Å²) in [5.41, 5.74) is 0. The first-order chi connectivity index (χ1) is 6.50. The molecule has 82 valence electrons. The monoisotopic (exact) mass is 238 g/mol. The smallest absolute Gasteiger partial charge is 0.326 e. The van der Waals surface area contributed by atoms with Crippen LogP contribution in [-0.2, 0) is 14.3 Å². The summed E-state index contributed by atoms with van der Waals surface area (Å²) in [4.78, 5) is 11.2. The number of esters is 1. The molecule has 0 N–H and O–H groups in total. The molecule has 0 aromatic rings. The summed E-state index contributed by atoms with van der Waals surface area (Å²) in [5, 5.41) is -0.170. The van der Waals surface area contributed by atoms with Gasteiger partial charge in [-0.2, -0.15) is 0 Å². The van der Waals surface area contributed by atoms with Crippen molar-refractivity contribution >= 4 is 29.3 Å². The lowest BCUT2D eigenvalue weighted by Crippen LogP contribution is -2.38. The van der Waals surface area contributed by atoms with Crippen LogP contribution in [0.1, 0.15) is 20.8 Å². The molecule has 0 aromatic carbocycles. The third-order valence-corrected chi connectivity index (χ3v) is 3.65. The van der Waals surface area contributed by atoms with Crippen molar-refractivity contribution in [1.82, 2.24) is 0 Å². The van der Waals surface area contributed by atoms with Crippen LogP contribution in [0.25, 0.3) is 0 Å². The summed E-state index contributed by atoms with van der Waals surface area (Å²) in [6.07, 6.45) is -0.336. The van der Waals surface area contributed by atoms with Gasteiger partial charge in [-0.1, -0.05) is 6.92 Å². The molecule has 0 bridgehead atoms. The average Bonchev–Trinajstić information content (AvgIpc) is 2.11. The predicted octanol–water partition coefficient (Wildman–Crippen LogP) is 2.02. The average molecular weight is 239 g/mol. The minimum absolute atomic E-state index is 0.109. The van der Waals surface area contributed by atoms with Crippen LogP contribution in [0.15, 0.2) is 0 Å². The molecular formula is C9H15ClO3S. The quantitative estimate of drug-likeness (QED) is 0.545. The van der Waals surface area contributed by atoms with E-state index in [1.165, 1.54) is 0 Å². The van der Waals surface area contributed by atoms with E-state index in [2.05, 4.69) is 6.92 Å². The highest BCUT2D eigenvalue weighted by atomic mass is 35.5. The van der Waals surface area contributed by atoms with Crippen LogP contribution in [0.3, 0.4) is 0 Å². The van der Waals surface area contributed by atoms with Gasteiger partial charge in [-0.05, 0) is 13.8 Å². The Hall–Kier alpha value is 0.0700. The van der Waals surface area contributed by atoms with Gasteiger partial charge in [0.25, 0.3) is 0 Å². The van der Waals surface area contributed by atoms with Crippen LogP contribution in [0, 0.1) is 0 Å².